The van der Waals surface area contributed by atoms with Crippen LogP contribution in [0, 0.1) is 0 Å². The van der Waals surface area contributed by atoms with Crippen molar-refractivity contribution >= 4 is 162 Å². The molecular weight excluding hydrogens is 995 g/mol. The van der Waals surface area contributed by atoms with Crippen molar-refractivity contribution in [3.8, 4) is 0 Å². The minimum Gasteiger partial charge on any atom is -0.293 e. The fraction of sp³-hybridized carbons (Fsp3) is 0.182. The molecule has 0 aromatic heterocycles. The zero-order chi connectivity index (χ0) is 26.6. The summed E-state index contributed by atoms with van der Waals surface area (Å²) in [5.41, 5.74) is 2.65. The van der Waals surface area contributed by atoms with E-state index in [9.17, 15) is 19.2 Å². The number of hydrogen-bond donors (Lipinski definition) is 2. The van der Waals surface area contributed by atoms with Crippen molar-refractivity contribution in [3.05, 3.63) is 65.5 Å². The topological polar surface area (TPSA) is 92.3 Å². The second-order valence-corrected chi connectivity index (χ2v) is 16.3. The lowest BCUT2D eigenvalue weighted by molar-refractivity contribution is -0.126. The fourth-order valence-electron chi connectivity index (χ4n) is 4.46. The van der Waals surface area contributed by atoms with Gasteiger partial charge in [0, 0.05) is 17.9 Å². The Balaban J connectivity index is 1.76. The summed E-state index contributed by atoms with van der Waals surface area (Å²) in [6.45, 7) is 0. The molecule has 2 saturated heterocycles. The van der Waals surface area contributed by atoms with E-state index in [1.807, 2.05) is 24.3 Å². The molecule has 5 rings (SSSR count). The van der Waals surface area contributed by atoms with Crippen LogP contribution in [-0.2, 0) is 19.2 Å². The van der Waals surface area contributed by atoms with Gasteiger partial charge < -0.3 is 0 Å². The molecule has 4 aliphatic rings. The first kappa shape index (κ1) is 27.9. The predicted octanol–water partition coefficient (Wildman–Crippen LogP) is 6.33. The van der Waals surface area contributed by atoms with Crippen molar-refractivity contribution in [1.29, 1.82) is 0 Å². The van der Waals surface area contributed by atoms with Crippen LogP contribution < -0.4 is 10.6 Å². The van der Waals surface area contributed by atoms with Crippen LogP contribution in [0.5, 0.6) is 0 Å². The summed E-state index contributed by atoms with van der Waals surface area (Å²) in [5, 5.41) is 4.75. The highest BCUT2D eigenvalue weighted by Gasteiger charge is 2.68. The second kappa shape index (κ2) is 8.90. The van der Waals surface area contributed by atoms with Crippen molar-refractivity contribution in [2.45, 2.75) is 17.3 Å². The molecule has 1 aromatic rings. The fourth-order valence-corrected chi connectivity index (χ4v) is 10.8. The highest BCUT2D eigenvalue weighted by Crippen LogP contribution is 2.61. The Bertz CT molecular complexity index is 1370. The first-order valence-electron chi connectivity index (χ1n) is 9.81. The minimum atomic E-state index is -1.41. The van der Waals surface area contributed by atoms with Gasteiger partial charge in [-0.05, 0) is 66.3 Å². The van der Waals surface area contributed by atoms with E-state index >= 15 is 0 Å². The minimum absolute atomic E-state index is 0.424. The van der Waals surface area contributed by atoms with E-state index in [0.29, 0.717) is 40.2 Å². The molecule has 4 atom stereocenters. The number of carbonyl (C=O) groups excluding carboxylic acids is 4. The van der Waals surface area contributed by atoms with Gasteiger partial charge in [-0.25, -0.2) is 0 Å². The van der Waals surface area contributed by atoms with Crippen LogP contribution in [0.1, 0.15) is 11.1 Å². The van der Waals surface area contributed by atoms with Crippen molar-refractivity contribution < 1.29 is 19.2 Å². The molecule has 0 spiro atoms. The molecule has 36 heavy (non-hydrogen) atoms. The van der Waals surface area contributed by atoms with Crippen molar-refractivity contribution in [2.24, 2.45) is 0 Å². The lowest BCUT2D eigenvalue weighted by Gasteiger charge is -2.37. The van der Waals surface area contributed by atoms with E-state index in [1.165, 1.54) is 0 Å². The number of imide groups is 2. The van der Waals surface area contributed by atoms with E-state index in [2.05, 4.69) is 138 Å². The molecule has 2 aliphatic heterocycles. The molecule has 0 saturated carbocycles. The molecule has 14 heteroatoms. The van der Waals surface area contributed by atoms with Crippen LogP contribution in [-0.4, -0.2) is 40.9 Å². The zero-order valence-electron chi connectivity index (χ0n) is 17.1. The average molecular weight is 1000 g/mol. The van der Waals surface area contributed by atoms with Gasteiger partial charge in [0.05, 0.1) is 0 Å². The summed E-state index contributed by atoms with van der Waals surface area (Å²) in [6.07, 6.45) is 3.35. The normalized spacial score (nSPS) is 35.9. The summed E-state index contributed by atoms with van der Waals surface area (Å²) in [4.78, 5) is 51.3. The summed E-state index contributed by atoms with van der Waals surface area (Å²) < 4.78 is -3.65. The molecule has 2 N–H and O–H groups in total. The highest BCUT2D eigenvalue weighted by atomic mass is 79.9. The van der Waals surface area contributed by atoms with E-state index in [-0.39, 0.29) is 0 Å². The molecule has 2 fully saturated rings. The number of allylic oxidation sites excluding steroid dienone is 4. The monoisotopic (exact) mass is 995 g/mol. The summed E-state index contributed by atoms with van der Waals surface area (Å²) >= 11 is 28.3. The van der Waals surface area contributed by atoms with Gasteiger partial charge in [-0.3, -0.25) is 29.8 Å². The number of hydrogen-bond acceptors (Lipinski definition) is 4. The van der Waals surface area contributed by atoms with E-state index in [1.54, 1.807) is 12.2 Å². The van der Waals surface area contributed by atoms with Gasteiger partial charge in [0.1, 0.15) is 0 Å². The first-order valence-corrected chi connectivity index (χ1v) is 16.2. The number of carbonyl (C=O) groups is 4. The Labute approximate surface area is 271 Å². The lowest BCUT2D eigenvalue weighted by atomic mass is 9.80. The molecule has 4 unspecified atom stereocenters. The van der Waals surface area contributed by atoms with Gasteiger partial charge >= 0.3 is 0 Å². The summed E-state index contributed by atoms with van der Waals surface area (Å²) in [5.74, 6) is -2.04. The molecule has 2 heterocycles. The molecule has 6 nitrogen and oxygen atoms in total. The van der Waals surface area contributed by atoms with Crippen LogP contribution in [0.25, 0.3) is 11.1 Å². The highest BCUT2D eigenvalue weighted by molar-refractivity contribution is 9.17. The standard InChI is InChI=1S/C22H8Br8N2O4/c23-11-9(5-19(27)15(33)31-17(35)21(19,29)13(11)25)7-3-1-2-4-8(7)10-6-20(28)16(34)32-18(36)22(20,30)14(26)12(10)24/h1-6H,(H,31,33,35)(H,32,34,36). The van der Waals surface area contributed by atoms with Gasteiger partial charge in [-0.2, -0.15) is 0 Å². The predicted molar refractivity (Wildman–Crippen MR) is 165 cm³/mol. The Hall–Kier alpha value is 0.300. The molecule has 186 valence electrons. The SMILES string of the molecule is O=C1NC(=O)C2(Br)C(Br)=C(Br)C(c3ccccc3C3=CC4(Br)C(=O)NC(=O)C4(Br)C(Br)=C3Br)=CC12Br. The largest absolute Gasteiger partial charge is 0.293 e. The van der Waals surface area contributed by atoms with E-state index in [4.69, 9.17) is 0 Å². The number of amides is 4. The van der Waals surface area contributed by atoms with Crippen LogP contribution >= 0.6 is 127 Å². The molecular formula is C22H8Br8N2O4. The van der Waals surface area contributed by atoms with Gasteiger partial charge in [-0.1, -0.05) is 120 Å². The van der Waals surface area contributed by atoms with Gasteiger partial charge in [0.25, 0.3) is 11.8 Å². The number of nitrogens with one attached hydrogen (secondary N) is 2. The summed E-state index contributed by atoms with van der Waals surface area (Å²) in [7, 11) is 0. The number of benzene rings is 1. The third-order valence-electron chi connectivity index (χ3n) is 6.40. The average Bonchev–Trinajstić information content (AvgIpc) is 3.13. The zero-order valence-corrected chi connectivity index (χ0v) is 29.8. The third kappa shape index (κ3) is 3.30. The van der Waals surface area contributed by atoms with Crippen LogP contribution in [0.4, 0.5) is 0 Å². The molecule has 2 aliphatic carbocycles. The smallest absolute Gasteiger partial charge is 0.250 e. The maximum Gasteiger partial charge on any atom is 0.250 e. The van der Waals surface area contributed by atoms with Gasteiger partial charge in [0.15, 0.2) is 17.3 Å². The van der Waals surface area contributed by atoms with Gasteiger partial charge in [-0.15, -0.1) is 0 Å². The van der Waals surface area contributed by atoms with Crippen molar-refractivity contribution in [2.75, 3.05) is 0 Å². The Kier molecular flexibility index (Phi) is 6.89. The van der Waals surface area contributed by atoms with Crippen molar-refractivity contribution in [1.82, 2.24) is 10.6 Å². The summed E-state index contributed by atoms with van der Waals surface area (Å²) in [6, 6.07) is 7.40. The molecule has 0 radical (unpaired) electrons. The lowest BCUT2D eigenvalue weighted by Crippen LogP contribution is -2.49. The Morgan fingerprint density at radius 3 is 1.22 bits per heavy atom. The van der Waals surface area contributed by atoms with E-state index < -0.39 is 40.9 Å². The second-order valence-electron chi connectivity index (χ2n) is 8.22. The maximum absolute atomic E-state index is 12.9. The van der Waals surface area contributed by atoms with Gasteiger partial charge in [0.2, 0.25) is 11.8 Å². The Morgan fingerprint density at radius 1 is 0.556 bits per heavy atom. The number of alkyl halides is 4. The number of fused-ring (bicyclic) bond motifs is 2. The molecule has 0 bridgehead atoms. The quantitative estimate of drug-likeness (QED) is 0.268. The third-order valence-corrected chi connectivity index (χ3v) is 18.4. The first-order chi connectivity index (χ1) is 16.7. The van der Waals surface area contributed by atoms with Crippen LogP contribution in [0.2, 0.25) is 0 Å². The maximum atomic E-state index is 12.9. The van der Waals surface area contributed by atoms with Crippen LogP contribution in [0.15, 0.2) is 54.3 Å². The van der Waals surface area contributed by atoms with Crippen LogP contribution in [0.3, 0.4) is 0 Å². The molecule has 4 amide bonds. The number of halogens is 8. The Morgan fingerprint density at radius 2 is 0.889 bits per heavy atom. The number of rotatable bonds is 2. The molecule has 1 aromatic carbocycles. The van der Waals surface area contributed by atoms with E-state index in [0.717, 1.165) is 0 Å². The van der Waals surface area contributed by atoms with Crippen molar-refractivity contribution in [3.63, 3.8) is 0 Å².